The van der Waals surface area contributed by atoms with Crippen molar-refractivity contribution in [2.45, 2.75) is 32.3 Å². The lowest BCUT2D eigenvalue weighted by molar-refractivity contribution is -0.117. The maximum absolute atomic E-state index is 12.0. The number of hydrogen-bond acceptors (Lipinski definition) is 4. The average Bonchev–Trinajstić information content (AvgIpc) is 3.13. The van der Waals surface area contributed by atoms with Gasteiger partial charge in [-0.3, -0.25) is 4.79 Å². The molecule has 1 saturated heterocycles. The van der Waals surface area contributed by atoms with Crippen molar-refractivity contribution in [1.82, 2.24) is 5.32 Å². The van der Waals surface area contributed by atoms with Gasteiger partial charge in [0.25, 0.3) is 5.91 Å². The summed E-state index contributed by atoms with van der Waals surface area (Å²) in [5.74, 6) is -0.325. The Bertz CT molecular complexity index is 536. The third-order valence-electron chi connectivity index (χ3n) is 3.20. The van der Waals surface area contributed by atoms with Crippen LogP contribution in [0.2, 0.25) is 0 Å². The van der Waals surface area contributed by atoms with Crippen LogP contribution in [0.25, 0.3) is 6.08 Å². The van der Waals surface area contributed by atoms with Crippen LogP contribution < -0.4 is 5.32 Å². The predicted molar refractivity (Wildman–Crippen MR) is 79.3 cm³/mol. The van der Waals surface area contributed by atoms with Crippen molar-refractivity contribution in [2.24, 2.45) is 0 Å². The zero-order valence-corrected chi connectivity index (χ0v) is 12.3. The molecule has 20 heavy (non-hydrogen) atoms. The molecule has 4 nitrogen and oxygen atoms in total. The summed E-state index contributed by atoms with van der Waals surface area (Å²) >= 11 is 1.61. The van der Waals surface area contributed by atoms with E-state index in [1.165, 1.54) is 4.88 Å². The Balaban J connectivity index is 1.95. The maximum atomic E-state index is 12.0. The molecule has 0 spiro atoms. The Morgan fingerprint density at radius 3 is 3.10 bits per heavy atom. The molecule has 1 atom stereocenters. The number of hydrogen-bond donors (Lipinski definition) is 1. The lowest BCUT2D eigenvalue weighted by atomic mass is 10.2. The van der Waals surface area contributed by atoms with Crippen LogP contribution in [-0.2, 0) is 16.0 Å². The zero-order chi connectivity index (χ0) is 14.4. The second kappa shape index (κ2) is 7.22. The first-order valence-electron chi connectivity index (χ1n) is 6.83. The minimum atomic E-state index is -0.325. The Morgan fingerprint density at radius 2 is 2.50 bits per heavy atom. The van der Waals surface area contributed by atoms with Gasteiger partial charge in [-0.25, -0.2) is 0 Å². The highest BCUT2D eigenvalue weighted by atomic mass is 32.1. The Kier molecular flexibility index (Phi) is 5.33. The van der Waals surface area contributed by atoms with Gasteiger partial charge in [-0.1, -0.05) is 6.92 Å². The molecule has 106 valence electrons. The topological polar surface area (TPSA) is 62.1 Å². The van der Waals surface area contributed by atoms with Gasteiger partial charge < -0.3 is 10.1 Å². The lowest BCUT2D eigenvalue weighted by Gasteiger charge is -2.09. The van der Waals surface area contributed by atoms with Crippen LogP contribution in [-0.4, -0.2) is 25.2 Å². The molecule has 1 aliphatic rings. The third kappa shape index (κ3) is 3.92. The molecule has 1 fully saturated rings. The first-order valence-corrected chi connectivity index (χ1v) is 7.65. The Labute approximate surface area is 123 Å². The summed E-state index contributed by atoms with van der Waals surface area (Å²) in [6, 6.07) is 5.93. The zero-order valence-electron chi connectivity index (χ0n) is 11.5. The summed E-state index contributed by atoms with van der Waals surface area (Å²) in [5.41, 5.74) is 0.146. The van der Waals surface area contributed by atoms with Gasteiger partial charge >= 0.3 is 0 Å². The summed E-state index contributed by atoms with van der Waals surface area (Å²) in [7, 11) is 0. The predicted octanol–water partition coefficient (Wildman–Crippen LogP) is 2.51. The van der Waals surface area contributed by atoms with Crippen molar-refractivity contribution < 1.29 is 9.53 Å². The van der Waals surface area contributed by atoms with Crippen LogP contribution in [0.15, 0.2) is 17.7 Å². The van der Waals surface area contributed by atoms with Crippen LogP contribution in [0.5, 0.6) is 0 Å². The highest BCUT2D eigenvalue weighted by Gasteiger charge is 2.17. The number of amides is 1. The van der Waals surface area contributed by atoms with Crippen molar-refractivity contribution in [3.63, 3.8) is 0 Å². The highest BCUT2D eigenvalue weighted by molar-refractivity contribution is 7.12. The highest BCUT2D eigenvalue weighted by Crippen LogP contribution is 2.19. The van der Waals surface area contributed by atoms with Crippen LogP contribution in [0.1, 0.15) is 29.5 Å². The summed E-state index contributed by atoms with van der Waals surface area (Å²) in [4.78, 5) is 14.1. The van der Waals surface area contributed by atoms with E-state index in [9.17, 15) is 4.79 Å². The molecular formula is C15H18N2O2S. The van der Waals surface area contributed by atoms with Crippen LogP contribution in [0.3, 0.4) is 0 Å². The monoisotopic (exact) mass is 290 g/mol. The maximum Gasteiger partial charge on any atom is 0.262 e. The van der Waals surface area contributed by atoms with E-state index < -0.39 is 0 Å². The van der Waals surface area contributed by atoms with Crippen molar-refractivity contribution in [1.29, 1.82) is 5.26 Å². The normalized spacial score (nSPS) is 18.8. The van der Waals surface area contributed by atoms with Crippen molar-refractivity contribution in [3.8, 4) is 6.07 Å². The summed E-state index contributed by atoms with van der Waals surface area (Å²) < 4.78 is 5.44. The molecule has 5 heteroatoms. The van der Waals surface area contributed by atoms with Crippen LogP contribution in [0, 0.1) is 11.3 Å². The van der Waals surface area contributed by atoms with Crippen LogP contribution in [0.4, 0.5) is 0 Å². The van der Waals surface area contributed by atoms with E-state index in [0.717, 1.165) is 30.7 Å². The van der Waals surface area contributed by atoms with E-state index in [-0.39, 0.29) is 17.6 Å². The number of nitrogens with zero attached hydrogens (tertiary/aromatic N) is 1. The van der Waals surface area contributed by atoms with Gasteiger partial charge in [0.15, 0.2) is 0 Å². The molecule has 0 radical (unpaired) electrons. The summed E-state index contributed by atoms with van der Waals surface area (Å²) in [6.07, 6.45) is 4.71. The fourth-order valence-corrected chi connectivity index (χ4v) is 2.96. The second-order valence-corrected chi connectivity index (χ2v) is 5.87. The van der Waals surface area contributed by atoms with Gasteiger partial charge in [0.05, 0.1) is 6.10 Å². The van der Waals surface area contributed by atoms with Crippen LogP contribution >= 0.6 is 11.3 Å². The molecule has 0 saturated carbocycles. The van der Waals surface area contributed by atoms with Gasteiger partial charge in [-0.15, -0.1) is 11.3 Å². The molecular weight excluding hydrogens is 272 g/mol. The molecule has 1 amide bonds. The van der Waals surface area contributed by atoms with E-state index in [1.807, 2.05) is 18.2 Å². The number of nitriles is 1. The average molecular weight is 290 g/mol. The molecule has 2 heterocycles. The third-order valence-corrected chi connectivity index (χ3v) is 4.37. The first-order chi connectivity index (χ1) is 9.72. The van der Waals surface area contributed by atoms with Gasteiger partial charge in [0.1, 0.15) is 11.6 Å². The van der Waals surface area contributed by atoms with Gasteiger partial charge in [0.2, 0.25) is 0 Å². The van der Waals surface area contributed by atoms with E-state index in [0.29, 0.717) is 6.54 Å². The molecule has 0 unspecified atom stereocenters. The molecule has 2 rings (SSSR count). The minimum Gasteiger partial charge on any atom is -0.376 e. The molecule has 1 aromatic heterocycles. The molecule has 0 aliphatic carbocycles. The van der Waals surface area contributed by atoms with Crippen molar-refractivity contribution >= 4 is 23.3 Å². The number of ether oxygens (including phenoxy) is 1. The molecule has 1 N–H and O–H groups in total. The quantitative estimate of drug-likeness (QED) is 0.669. The Hall–Kier alpha value is -1.64. The number of thiophene rings is 1. The molecule has 0 bridgehead atoms. The van der Waals surface area contributed by atoms with E-state index in [2.05, 4.69) is 12.2 Å². The number of carbonyl (C=O) groups is 1. The fraction of sp³-hybridized carbons (Fsp3) is 0.467. The lowest BCUT2D eigenvalue weighted by Crippen LogP contribution is -2.32. The smallest absolute Gasteiger partial charge is 0.262 e. The Morgan fingerprint density at radius 1 is 1.65 bits per heavy atom. The summed E-state index contributed by atoms with van der Waals surface area (Å²) in [5, 5.41) is 11.9. The van der Waals surface area contributed by atoms with E-state index in [4.69, 9.17) is 10.00 Å². The van der Waals surface area contributed by atoms with Gasteiger partial charge in [-0.05, 0) is 37.5 Å². The number of aryl methyl sites for hydroxylation is 1. The SMILES string of the molecule is CCc1ccc(/C=C(\C#N)C(=O)NC[C@H]2CCCO2)s1. The van der Waals surface area contributed by atoms with Gasteiger partial charge in [-0.2, -0.15) is 5.26 Å². The fourth-order valence-electron chi connectivity index (χ4n) is 2.06. The first kappa shape index (κ1) is 14.8. The number of rotatable bonds is 5. The van der Waals surface area contributed by atoms with Crippen molar-refractivity contribution in [3.05, 3.63) is 27.5 Å². The standard InChI is InChI=1S/C15H18N2O2S/c1-2-13-5-6-14(20-13)8-11(9-16)15(18)17-10-12-4-3-7-19-12/h5-6,8,12H,2-4,7,10H2,1H3,(H,17,18)/b11-8+/t12-/m1/s1. The summed E-state index contributed by atoms with van der Waals surface area (Å²) in [6.45, 7) is 3.32. The minimum absolute atomic E-state index is 0.0901. The largest absolute Gasteiger partial charge is 0.376 e. The molecule has 1 aliphatic heterocycles. The number of nitrogens with one attached hydrogen (secondary N) is 1. The molecule has 0 aromatic carbocycles. The second-order valence-electron chi connectivity index (χ2n) is 4.67. The molecule has 1 aromatic rings. The van der Waals surface area contributed by atoms with Crippen molar-refractivity contribution in [2.75, 3.05) is 13.2 Å². The van der Waals surface area contributed by atoms with E-state index >= 15 is 0 Å². The number of carbonyl (C=O) groups excluding carboxylic acids is 1. The van der Waals surface area contributed by atoms with Gasteiger partial charge in [0, 0.05) is 22.9 Å². The van der Waals surface area contributed by atoms with E-state index in [1.54, 1.807) is 17.4 Å².